The molecular formula is C14H13NOS. The first-order chi connectivity index (χ1) is 8.17. The van der Waals surface area contributed by atoms with Crippen LogP contribution in [-0.4, -0.2) is 4.98 Å². The number of pyridine rings is 1. The van der Waals surface area contributed by atoms with Gasteiger partial charge < -0.3 is 4.98 Å². The van der Waals surface area contributed by atoms with Crippen LogP contribution in [0.4, 0.5) is 0 Å². The topological polar surface area (TPSA) is 32.9 Å². The second-order valence-corrected chi connectivity index (χ2v) is 6.09. The molecule has 1 aliphatic heterocycles. The fourth-order valence-corrected chi connectivity index (χ4v) is 3.64. The van der Waals surface area contributed by atoms with Crippen LogP contribution in [0.15, 0.2) is 52.2 Å². The number of hydrogen-bond donors (Lipinski definition) is 1. The molecule has 1 N–H and O–H groups in total. The summed E-state index contributed by atoms with van der Waals surface area (Å²) in [6, 6.07) is 14.0. The molecule has 0 radical (unpaired) electrons. The van der Waals surface area contributed by atoms with Gasteiger partial charge in [-0.3, -0.25) is 4.79 Å². The van der Waals surface area contributed by atoms with Crippen molar-refractivity contribution in [2.45, 2.75) is 23.0 Å². The molecule has 0 amide bonds. The molecule has 0 fully saturated rings. The average molecular weight is 243 g/mol. The fraction of sp³-hybridized carbons (Fsp3) is 0.214. The number of thioether (sulfide) groups is 1. The first kappa shape index (κ1) is 10.7. The van der Waals surface area contributed by atoms with E-state index < -0.39 is 0 Å². The third kappa shape index (κ3) is 1.80. The van der Waals surface area contributed by atoms with Gasteiger partial charge in [-0.15, -0.1) is 11.8 Å². The zero-order valence-electron chi connectivity index (χ0n) is 9.57. The minimum atomic E-state index is -0.0124. The SMILES string of the molecule is CC1(c2ccccc2)Cc2[nH]c(=O)ccc2S1. The molecule has 1 aliphatic rings. The molecule has 1 atom stereocenters. The molecule has 1 aromatic heterocycles. The Labute approximate surface area is 104 Å². The molecule has 3 rings (SSSR count). The van der Waals surface area contributed by atoms with Crippen LogP contribution in [0.3, 0.4) is 0 Å². The quantitative estimate of drug-likeness (QED) is 0.835. The first-order valence-electron chi connectivity index (χ1n) is 5.64. The van der Waals surface area contributed by atoms with Crippen molar-refractivity contribution in [3.63, 3.8) is 0 Å². The molecule has 1 aromatic carbocycles. The summed E-state index contributed by atoms with van der Waals surface area (Å²) in [4.78, 5) is 15.4. The van der Waals surface area contributed by atoms with Gasteiger partial charge in [-0.1, -0.05) is 30.3 Å². The van der Waals surface area contributed by atoms with Gasteiger partial charge in [0.1, 0.15) is 0 Å². The van der Waals surface area contributed by atoms with E-state index >= 15 is 0 Å². The van der Waals surface area contributed by atoms with Gasteiger partial charge in [0.15, 0.2) is 0 Å². The molecule has 0 bridgehead atoms. The Hall–Kier alpha value is -1.48. The van der Waals surface area contributed by atoms with E-state index in [1.165, 1.54) is 10.5 Å². The van der Waals surface area contributed by atoms with Crippen molar-refractivity contribution in [2.24, 2.45) is 0 Å². The summed E-state index contributed by atoms with van der Waals surface area (Å²) in [5.74, 6) is 0. The lowest BCUT2D eigenvalue weighted by Crippen LogP contribution is -2.17. The number of benzene rings is 1. The fourth-order valence-electron chi connectivity index (χ4n) is 2.30. The van der Waals surface area contributed by atoms with Crippen LogP contribution < -0.4 is 5.56 Å². The van der Waals surface area contributed by atoms with Gasteiger partial charge in [0.25, 0.3) is 0 Å². The van der Waals surface area contributed by atoms with Crippen LogP contribution in [0, 0.1) is 0 Å². The Morgan fingerprint density at radius 2 is 1.94 bits per heavy atom. The predicted octanol–water partition coefficient (Wildman–Crippen LogP) is 2.94. The third-order valence-corrected chi connectivity index (χ3v) is 4.62. The summed E-state index contributed by atoms with van der Waals surface area (Å²) in [6.45, 7) is 2.23. The molecule has 2 nitrogen and oxygen atoms in total. The van der Waals surface area contributed by atoms with Gasteiger partial charge in [0.2, 0.25) is 5.56 Å². The lowest BCUT2D eigenvalue weighted by atomic mass is 9.95. The van der Waals surface area contributed by atoms with Crippen molar-refractivity contribution in [3.05, 3.63) is 64.1 Å². The second-order valence-electron chi connectivity index (χ2n) is 4.54. The molecule has 0 saturated heterocycles. The largest absolute Gasteiger partial charge is 0.325 e. The molecular weight excluding hydrogens is 230 g/mol. The monoisotopic (exact) mass is 243 g/mol. The molecule has 86 valence electrons. The highest BCUT2D eigenvalue weighted by Gasteiger charge is 2.35. The number of fused-ring (bicyclic) bond motifs is 1. The van der Waals surface area contributed by atoms with Crippen LogP contribution in [0.2, 0.25) is 0 Å². The summed E-state index contributed by atoms with van der Waals surface area (Å²) in [5.41, 5.74) is 2.36. The second kappa shape index (κ2) is 3.77. The summed E-state index contributed by atoms with van der Waals surface area (Å²) in [6.07, 6.45) is 0.882. The highest BCUT2D eigenvalue weighted by Crippen LogP contribution is 2.49. The molecule has 0 aliphatic carbocycles. The zero-order chi connectivity index (χ0) is 11.9. The maximum absolute atomic E-state index is 11.3. The van der Waals surface area contributed by atoms with Crippen molar-refractivity contribution in [1.29, 1.82) is 0 Å². The number of nitrogens with one attached hydrogen (secondary N) is 1. The Morgan fingerprint density at radius 1 is 1.18 bits per heavy atom. The van der Waals surface area contributed by atoms with Crippen molar-refractivity contribution < 1.29 is 0 Å². The Morgan fingerprint density at radius 3 is 2.71 bits per heavy atom. The zero-order valence-corrected chi connectivity index (χ0v) is 10.4. The molecule has 0 spiro atoms. The van der Waals surface area contributed by atoms with E-state index in [4.69, 9.17) is 0 Å². The molecule has 0 saturated carbocycles. The van der Waals surface area contributed by atoms with E-state index in [2.05, 4.69) is 36.2 Å². The molecule has 17 heavy (non-hydrogen) atoms. The van der Waals surface area contributed by atoms with Crippen molar-refractivity contribution >= 4 is 11.8 Å². The molecule has 2 aromatic rings. The van der Waals surface area contributed by atoms with Crippen molar-refractivity contribution in [2.75, 3.05) is 0 Å². The lowest BCUT2D eigenvalue weighted by Gasteiger charge is -2.22. The number of H-pyrrole nitrogens is 1. The highest BCUT2D eigenvalue weighted by molar-refractivity contribution is 8.00. The van der Waals surface area contributed by atoms with E-state index in [-0.39, 0.29) is 10.3 Å². The molecule has 3 heteroatoms. The van der Waals surface area contributed by atoms with Gasteiger partial charge >= 0.3 is 0 Å². The van der Waals surface area contributed by atoms with E-state index in [0.717, 1.165) is 12.1 Å². The van der Waals surface area contributed by atoms with Gasteiger partial charge in [0, 0.05) is 27.8 Å². The molecule has 2 heterocycles. The third-order valence-electron chi connectivity index (χ3n) is 3.19. The summed E-state index contributed by atoms with van der Waals surface area (Å²) in [7, 11) is 0. The minimum Gasteiger partial charge on any atom is -0.325 e. The Kier molecular flexibility index (Phi) is 2.37. The standard InChI is InChI=1S/C14H13NOS/c1-14(10-5-3-2-4-6-10)9-11-12(17-14)7-8-13(16)15-11/h2-8H,9H2,1H3,(H,15,16). The van der Waals surface area contributed by atoms with E-state index in [1.54, 1.807) is 6.07 Å². The van der Waals surface area contributed by atoms with Crippen molar-refractivity contribution in [1.82, 2.24) is 4.98 Å². The summed E-state index contributed by atoms with van der Waals surface area (Å²) >= 11 is 1.83. The summed E-state index contributed by atoms with van der Waals surface area (Å²) in [5, 5.41) is 0. The Balaban J connectivity index is 2.03. The highest BCUT2D eigenvalue weighted by atomic mass is 32.2. The number of aromatic nitrogens is 1. The number of rotatable bonds is 1. The van der Waals surface area contributed by atoms with Crippen LogP contribution >= 0.6 is 11.8 Å². The first-order valence-corrected chi connectivity index (χ1v) is 6.46. The maximum atomic E-state index is 11.3. The summed E-state index contributed by atoms with van der Waals surface area (Å²) < 4.78 is 0.0356. The molecule has 1 unspecified atom stereocenters. The van der Waals surface area contributed by atoms with Gasteiger partial charge in [0.05, 0.1) is 0 Å². The predicted molar refractivity (Wildman–Crippen MR) is 70.4 cm³/mol. The van der Waals surface area contributed by atoms with E-state index in [1.807, 2.05) is 23.9 Å². The van der Waals surface area contributed by atoms with Gasteiger partial charge in [-0.25, -0.2) is 0 Å². The normalized spacial score (nSPS) is 22.4. The lowest BCUT2D eigenvalue weighted by molar-refractivity contribution is 0.688. The Bertz CT molecular complexity index is 605. The van der Waals surface area contributed by atoms with Crippen LogP contribution in [0.5, 0.6) is 0 Å². The minimum absolute atomic E-state index is 0.0124. The number of aromatic amines is 1. The average Bonchev–Trinajstić information content (AvgIpc) is 2.67. The van der Waals surface area contributed by atoms with E-state index in [0.29, 0.717) is 0 Å². The van der Waals surface area contributed by atoms with Crippen LogP contribution in [0.1, 0.15) is 18.2 Å². The van der Waals surface area contributed by atoms with Crippen LogP contribution in [-0.2, 0) is 11.2 Å². The smallest absolute Gasteiger partial charge is 0.248 e. The maximum Gasteiger partial charge on any atom is 0.248 e. The van der Waals surface area contributed by atoms with Crippen molar-refractivity contribution in [3.8, 4) is 0 Å². The van der Waals surface area contributed by atoms with E-state index in [9.17, 15) is 4.79 Å². The number of hydrogen-bond acceptors (Lipinski definition) is 2. The van der Waals surface area contributed by atoms with Crippen LogP contribution in [0.25, 0.3) is 0 Å². The van der Waals surface area contributed by atoms with Gasteiger partial charge in [-0.2, -0.15) is 0 Å². The van der Waals surface area contributed by atoms with Gasteiger partial charge in [-0.05, 0) is 18.6 Å².